The van der Waals surface area contributed by atoms with Crippen molar-refractivity contribution in [2.45, 2.75) is 18.8 Å². The summed E-state index contributed by atoms with van der Waals surface area (Å²) >= 11 is 3.42. The van der Waals surface area contributed by atoms with Gasteiger partial charge in [0.05, 0.1) is 32.3 Å². The first kappa shape index (κ1) is 20.3. The standard InChI is InChI=1S/C22H23BrO5/c1-25-18-13-19(27-11-7-6-10-23)21(26-2)22-20(18)16(14-24)12-17(28-22)15-8-4-3-5-9-15/h3-5,8-9,12-14,16H,6-7,10-11H2,1-2H3. The van der Waals surface area contributed by atoms with Crippen LogP contribution in [0.1, 0.15) is 29.9 Å². The molecule has 0 radical (unpaired) electrons. The molecule has 0 fully saturated rings. The van der Waals surface area contributed by atoms with Gasteiger partial charge in [-0.25, -0.2) is 0 Å². The van der Waals surface area contributed by atoms with E-state index in [4.69, 9.17) is 18.9 Å². The Hall–Kier alpha value is -2.47. The van der Waals surface area contributed by atoms with E-state index in [1.807, 2.05) is 30.3 Å². The number of unbranched alkanes of at least 4 members (excludes halogenated alkanes) is 1. The molecule has 0 saturated carbocycles. The van der Waals surface area contributed by atoms with Gasteiger partial charge in [-0.05, 0) is 18.9 Å². The molecule has 1 heterocycles. The molecule has 2 aromatic rings. The van der Waals surface area contributed by atoms with E-state index in [0.717, 1.165) is 30.0 Å². The van der Waals surface area contributed by atoms with Crippen LogP contribution in [0.2, 0.25) is 0 Å². The highest BCUT2D eigenvalue weighted by atomic mass is 79.9. The van der Waals surface area contributed by atoms with Crippen molar-refractivity contribution < 1.29 is 23.7 Å². The number of hydrogen-bond acceptors (Lipinski definition) is 5. The van der Waals surface area contributed by atoms with Gasteiger partial charge in [0.2, 0.25) is 5.75 Å². The number of carbonyl (C=O) groups is 1. The second-order valence-corrected chi connectivity index (χ2v) is 7.05. The molecule has 0 amide bonds. The molecule has 148 valence electrons. The van der Waals surface area contributed by atoms with Gasteiger partial charge in [-0.1, -0.05) is 46.3 Å². The van der Waals surface area contributed by atoms with Crippen LogP contribution in [0.4, 0.5) is 0 Å². The number of halogens is 1. The lowest BCUT2D eigenvalue weighted by atomic mass is 9.93. The van der Waals surface area contributed by atoms with Crippen molar-refractivity contribution in [1.82, 2.24) is 0 Å². The van der Waals surface area contributed by atoms with Crippen LogP contribution in [-0.2, 0) is 4.79 Å². The average molecular weight is 447 g/mol. The monoisotopic (exact) mass is 446 g/mol. The van der Waals surface area contributed by atoms with Crippen LogP contribution in [0.5, 0.6) is 23.0 Å². The number of aldehydes is 1. The van der Waals surface area contributed by atoms with Crippen LogP contribution in [-0.4, -0.2) is 32.4 Å². The maximum absolute atomic E-state index is 11.9. The number of rotatable bonds is 9. The number of benzene rings is 2. The molecule has 0 spiro atoms. The van der Waals surface area contributed by atoms with Crippen LogP contribution < -0.4 is 18.9 Å². The van der Waals surface area contributed by atoms with Gasteiger partial charge >= 0.3 is 0 Å². The number of allylic oxidation sites excluding steroid dienone is 1. The SMILES string of the molecule is COc1cc(OCCCCBr)c(OC)c2c1C(C=O)C=C(c1ccccc1)O2. The molecule has 0 bridgehead atoms. The minimum atomic E-state index is -0.509. The third kappa shape index (κ3) is 4.17. The van der Waals surface area contributed by atoms with E-state index in [1.165, 1.54) is 0 Å². The molecule has 0 saturated heterocycles. The summed E-state index contributed by atoms with van der Waals surface area (Å²) in [5.41, 5.74) is 1.52. The van der Waals surface area contributed by atoms with Gasteiger partial charge in [0.1, 0.15) is 17.8 Å². The number of ether oxygens (including phenoxy) is 4. The Kier molecular flexibility index (Phi) is 6.98. The van der Waals surface area contributed by atoms with Crippen molar-refractivity contribution >= 4 is 28.0 Å². The summed E-state index contributed by atoms with van der Waals surface area (Å²) in [5.74, 6) is 2.07. The number of hydrogen-bond donors (Lipinski definition) is 0. The van der Waals surface area contributed by atoms with Gasteiger partial charge in [0.25, 0.3) is 0 Å². The smallest absolute Gasteiger partial charge is 0.204 e. The number of carbonyl (C=O) groups excluding carboxylic acids is 1. The van der Waals surface area contributed by atoms with Gasteiger partial charge < -0.3 is 23.7 Å². The van der Waals surface area contributed by atoms with E-state index in [9.17, 15) is 4.79 Å². The molecular formula is C22H23BrO5. The fourth-order valence-corrected chi connectivity index (χ4v) is 3.53. The maximum Gasteiger partial charge on any atom is 0.204 e. The van der Waals surface area contributed by atoms with Gasteiger partial charge in [-0.2, -0.15) is 0 Å². The summed E-state index contributed by atoms with van der Waals surface area (Å²) in [6, 6.07) is 11.4. The van der Waals surface area contributed by atoms with Crippen LogP contribution in [0.3, 0.4) is 0 Å². The predicted octanol–water partition coefficient (Wildman–Crippen LogP) is 4.97. The molecule has 0 aliphatic carbocycles. The number of fused-ring (bicyclic) bond motifs is 1. The summed E-state index contributed by atoms with van der Waals surface area (Å²) in [4.78, 5) is 11.9. The zero-order valence-electron chi connectivity index (χ0n) is 15.9. The van der Waals surface area contributed by atoms with Crippen molar-refractivity contribution in [1.29, 1.82) is 0 Å². The quantitative estimate of drug-likeness (QED) is 0.309. The summed E-state index contributed by atoms with van der Waals surface area (Å²) in [5, 5.41) is 0.927. The van der Waals surface area contributed by atoms with Crippen molar-refractivity contribution in [2.75, 3.05) is 26.2 Å². The van der Waals surface area contributed by atoms with E-state index in [1.54, 1.807) is 26.4 Å². The molecular weight excluding hydrogens is 424 g/mol. The first-order chi connectivity index (χ1) is 13.7. The van der Waals surface area contributed by atoms with Crippen molar-refractivity contribution in [3.05, 3.63) is 53.6 Å². The Morgan fingerprint density at radius 3 is 2.54 bits per heavy atom. The van der Waals surface area contributed by atoms with Gasteiger partial charge in [-0.15, -0.1) is 0 Å². The molecule has 1 aliphatic rings. The lowest BCUT2D eigenvalue weighted by Crippen LogP contribution is -2.13. The lowest BCUT2D eigenvalue weighted by molar-refractivity contribution is -0.108. The highest BCUT2D eigenvalue weighted by molar-refractivity contribution is 9.09. The van der Waals surface area contributed by atoms with Gasteiger partial charge in [0, 0.05) is 17.0 Å². The van der Waals surface area contributed by atoms with Crippen LogP contribution in [0, 0.1) is 0 Å². The van der Waals surface area contributed by atoms with E-state index in [-0.39, 0.29) is 0 Å². The molecule has 0 aromatic heterocycles. The first-order valence-electron chi connectivity index (χ1n) is 9.11. The Morgan fingerprint density at radius 1 is 1.11 bits per heavy atom. The highest BCUT2D eigenvalue weighted by Crippen LogP contribution is 2.51. The lowest BCUT2D eigenvalue weighted by Gasteiger charge is -2.27. The molecule has 2 aromatic carbocycles. The Labute approximate surface area is 173 Å². The highest BCUT2D eigenvalue weighted by Gasteiger charge is 2.32. The van der Waals surface area contributed by atoms with Gasteiger partial charge in [-0.3, -0.25) is 0 Å². The Balaban J connectivity index is 2.05. The Bertz CT molecular complexity index is 848. The second kappa shape index (κ2) is 9.64. The molecule has 1 unspecified atom stereocenters. The van der Waals surface area contributed by atoms with Gasteiger partial charge in [0.15, 0.2) is 11.5 Å². The predicted molar refractivity (Wildman–Crippen MR) is 112 cm³/mol. The topological polar surface area (TPSA) is 54.0 Å². The zero-order valence-corrected chi connectivity index (χ0v) is 17.5. The van der Waals surface area contributed by atoms with E-state index < -0.39 is 5.92 Å². The van der Waals surface area contributed by atoms with Crippen LogP contribution >= 0.6 is 15.9 Å². The number of methoxy groups -OCH3 is 2. The minimum absolute atomic E-state index is 0.454. The zero-order chi connectivity index (χ0) is 19.9. The maximum atomic E-state index is 11.9. The van der Waals surface area contributed by atoms with Crippen molar-refractivity contribution in [3.63, 3.8) is 0 Å². The Morgan fingerprint density at radius 2 is 1.89 bits per heavy atom. The third-order valence-corrected chi connectivity index (χ3v) is 5.05. The van der Waals surface area contributed by atoms with E-state index in [0.29, 0.717) is 40.9 Å². The summed E-state index contributed by atoms with van der Waals surface area (Å²) in [7, 11) is 3.13. The number of alkyl halides is 1. The van der Waals surface area contributed by atoms with Crippen LogP contribution in [0.15, 0.2) is 42.5 Å². The molecule has 0 N–H and O–H groups in total. The largest absolute Gasteiger partial charge is 0.496 e. The minimum Gasteiger partial charge on any atom is -0.496 e. The molecule has 1 atom stereocenters. The first-order valence-corrected chi connectivity index (χ1v) is 10.2. The normalized spacial score (nSPS) is 15.1. The van der Waals surface area contributed by atoms with E-state index in [2.05, 4.69) is 15.9 Å². The molecule has 5 nitrogen and oxygen atoms in total. The average Bonchev–Trinajstić information content (AvgIpc) is 2.75. The molecule has 28 heavy (non-hydrogen) atoms. The summed E-state index contributed by atoms with van der Waals surface area (Å²) < 4.78 is 23.3. The third-order valence-electron chi connectivity index (χ3n) is 4.49. The summed E-state index contributed by atoms with van der Waals surface area (Å²) in [6.07, 6.45) is 4.59. The molecule has 1 aliphatic heterocycles. The van der Waals surface area contributed by atoms with Crippen molar-refractivity contribution in [3.8, 4) is 23.0 Å². The summed E-state index contributed by atoms with van der Waals surface area (Å²) in [6.45, 7) is 0.544. The fraction of sp³-hybridized carbons (Fsp3) is 0.318. The molecule has 6 heteroatoms. The fourth-order valence-electron chi connectivity index (χ4n) is 3.13. The van der Waals surface area contributed by atoms with Crippen molar-refractivity contribution in [2.24, 2.45) is 0 Å². The van der Waals surface area contributed by atoms with E-state index >= 15 is 0 Å². The molecule has 3 rings (SSSR count). The van der Waals surface area contributed by atoms with Crippen LogP contribution in [0.25, 0.3) is 5.76 Å². The second-order valence-electron chi connectivity index (χ2n) is 6.26.